The molecule has 1 heterocycles. The fourth-order valence-corrected chi connectivity index (χ4v) is 1.44. The van der Waals surface area contributed by atoms with Crippen LogP contribution in [0.1, 0.15) is 18.3 Å². The van der Waals surface area contributed by atoms with Crippen LogP contribution >= 0.6 is 0 Å². The van der Waals surface area contributed by atoms with E-state index >= 15 is 0 Å². The van der Waals surface area contributed by atoms with E-state index < -0.39 is 0 Å². The lowest BCUT2D eigenvalue weighted by molar-refractivity contribution is 0.126. The molecule has 2 rings (SSSR count). The largest absolute Gasteiger partial charge is 0.507 e. The normalized spacial score (nSPS) is 10.7. The Morgan fingerprint density at radius 1 is 1.41 bits per heavy atom. The summed E-state index contributed by atoms with van der Waals surface area (Å²) in [7, 11) is 0. The zero-order valence-corrected chi connectivity index (χ0v) is 9.80. The number of ether oxygens (including phenoxy) is 1. The van der Waals surface area contributed by atoms with Crippen molar-refractivity contribution in [3.63, 3.8) is 0 Å². The smallest absolute Gasteiger partial charge is 0.261 e. The van der Waals surface area contributed by atoms with Gasteiger partial charge in [0.25, 0.3) is 5.89 Å². The molecule has 0 saturated heterocycles. The van der Waals surface area contributed by atoms with Gasteiger partial charge in [0.2, 0.25) is 0 Å². The van der Waals surface area contributed by atoms with Crippen LogP contribution in [0.2, 0.25) is 0 Å². The van der Waals surface area contributed by atoms with Crippen LogP contribution in [0.5, 0.6) is 5.75 Å². The van der Waals surface area contributed by atoms with E-state index in [0.717, 1.165) is 5.56 Å². The van der Waals surface area contributed by atoms with Gasteiger partial charge < -0.3 is 14.4 Å². The molecule has 0 fully saturated rings. The Labute approximate surface area is 99.0 Å². The molecule has 0 unspecified atom stereocenters. The van der Waals surface area contributed by atoms with Gasteiger partial charge in [-0.05, 0) is 31.5 Å². The van der Waals surface area contributed by atoms with E-state index in [2.05, 4.69) is 10.1 Å². The third-order valence-corrected chi connectivity index (χ3v) is 2.29. The van der Waals surface area contributed by atoms with Crippen LogP contribution in [-0.4, -0.2) is 21.9 Å². The van der Waals surface area contributed by atoms with Gasteiger partial charge in [-0.3, -0.25) is 0 Å². The van der Waals surface area contributed by atoms with Crippen LogP contribution in [0.15, 0.2) is 22.7 Å². The monoisotopic (exact) mass is 234 g/mol. The maximum atomic E-state index is 9.77. The summed E-state index contributed by atoms with van der Waals surface area (Å²) in [5.41, 5.74) is 1.51. The van der Waals surface area contributed by atoms with Crippen molar-refractivity contribution in [1.29, 1.82) is 0 Å². The van der Waals surface area contributed by atoms with Crippen molar-refractivity contribution in [2.24, 2.45) is 0 Å². The topological polar surface area (TPSA) is 68.4 Å². The first-order valence-electron chi connectivity index (χ1n) is 5.41. The number of aromatic hydroxyl groups is 1. The zero-order valence-electron chi connectivity index (χ0n) is 9.80. The third kappa shape index (κ3) is 2.62. The van der Waals surface area contributed by atoms with E-state index in [9.17, 15) is 5.11 Å². The molecule has 1 aromatic carbocycles. The minimum Gasteiger partial charge on any atom is -0.507 e. The van der Waals surface area contributed by atoms with Crippen molar-refractivity contribution in [3.05, 3.63) is 29.6 Å². The summed E-state index contributed by atoms with van der Waals surface area (Å²) in [5.74, 6) is 0.913. The predicted molar refractivity (Wildman–Crippen MR) is 61.5 cm³/mol. The minimum absolute atomic E-state index is 0.136. The second kappa shape index (κ2) is 4.97. The molecule has 0 aliphatic carbocycles. The average molecular weight is 234 g/mol. The fourth-order valence-electron chi connectivity index (χ4n) is 1.44. The van der Waals surface area contributed by atoms with Crippen LogP contribution in [0.25, 0.3) is 11.5 Å². The van der Waals surface area contributed by atoms with Gasteiger partial charge in [0, 0.05) is 6.61 Å². The maximum Gasteiger partial charge on any atom is 0.261 e. The van der Waals surface area contributed by atoms with Crippen molar-refractivity contribution in [3.8, 4) is 17.2 Å². The van der Waals surface area contributed by atoms with Crippen LogP contribution < -0.4 is 0 Å². The van der Waals surface area contributed by atoms with E-state index in [4.69, 9.17) is 9.26 Å². The Morgan fingerprint density at radius 2 is 2.24 bits per heavy atom. The highest BCUT2D eigenvalue weighted by molar-refractivity contribution is 5.62. The zero-order chi connectivity index (χ0) is 12.3. The number of phenols is 1. The van der Waals surface area contributed by atoms with Crippen molar-refractivity contribution in [1.82, 2.24) is 10.1 Å². The van der Waals surface area contributed by atoms with Crippen molar-refractivity contribution < 1.29 is 14.4 Å². The summed E-state index contributed by atoms with van der Waals surface area (Å²) in [4.78, 5) is 4.15. The van der Waals surface area contributed by atoms with Crippen LogP contribution in [0.3, 0.4) is 0 Å². The molecule has 5 heteroatoms. The Kier molecular flexibility index (Phi) is 3.39. The highest BCUT2D eigenvalue weighted by Crippen LogP contribution is 2.28. The lowest BCUT2D eigenvalue weighted by atomic mass is 10.1. The fraction of sp³-hybridized carbons (Fsp3) is 0.333. The molecule has 0 radical (unpaired) electrons. The second-order valence-corrected chi connectivity index (χ2v) is 3.67. The quantitative estimate of drug-likeness (QED) is 0.878. The number of nitrogens with zero attached hydrogens (tertiary/aromatic N) is 2. The molecule has 5 nitrogen and oxygen atoms in total. The Hall–Kier alpha value is -1.88. The Bertz CT molecular complexity index is 508. The molecular formula is C12H14N2O3. The number of hydrogen-bond donors (Lipinski definition) is 1. The lowest BCUT2D eigenvalue weighted by Gasteiger charge is -1.99. The lowest BCUT2D eigenvalue weighted by Crippen LogP contribution is -1.93. The molecule has 0 aliphatic rings. The number of phenolic OH excluding ortho intramolecular Hbond substituents is 1. The Balaban J connectivity index is 2.24. The summed E-state index contributed by atoms with van der Waals surface area (Å²) in [6, 6.07) is 5.28. The third-order valence-electron chi connectivity index (χ3n) is 2.29. The molecule has 0 bridgehead atoms. The molecule has 2 aromatic rings. The molecule has 0 saturated carbocycles. The van der Waals surface area contributed by atoms with Gasteiger partial charge >= 0.3 is 0 Å². The number of aromatic nitrogens is 2. The molecule has 0 amide bonds. The summed E-state index contributed by atoms with van der Waals surface area (Å²) < 4.78 is 10.2. The minimum atomic E-state index is 0.136. The van der Waals surface area contributed by atoms with E-state index in [1.54, 1.807) is 12.1 Å². The highest BCUT2D eigenvalue weighted by Gasteiger charge is 2.12. The molecular weight excluding hydrogens is 220 g/mol. The molecule has 17 heavy (non-hydrogen) atoms. The molecule has 0 spiro atoms. The maximum absolute atomic E-state index is 9.77. The number of aryl methyl sites for hydroxylation is 1. The standard InChI is InChI=1S/C12H14N2O3/c1-3-16-7-11-13-12(17-14-11)9-5-4-8(2)6-10(9)15/h4-6,15H,3,7H2,1-2H3. The van der Waals surface area contributed by atoms with Crippen molar-refractivity contribution in [2.45, 2.75) is 20.5 Å². The first-order chi connectivity index (χ1) is 8.20. The van der Waals surface area contributed by atoms with Gasteiger partial charge in [0.1, 0.15) is 12.4 Å². The predicted octanol–water partition coefficient (Wildman–Crippen LogP) is 2.29. The van der Waals surface area contributed by atoms with Crippen molar-refractivity contribution in [2.75, 3.05) is 6.61 Å². The molecule has 0 aliphatic heterocycles. The summed E-state index contributed by atoms with van der Waals surface area (Å²) in [5, 5.41) is 13.5. The molecule has 90 valence electrons. The van der Waals surface area contributed by atoms with Gasteiger partial charge in [-0.25, -0.2) is 0 Å². The van der Waals surface area contributed by atoms with Crippen LogP contribution in [-0.2, 0) is 11.3 Å². The van der Waals surface area contributed by atoms with Crippen LogP contribution in [0, 0.1) is 6.92 Å². The summed E-state index contributed by atoms with van der Waals surface area (Å²) >= 11 is 0. The van der Waals surface area contributed by atoms with Gasteiger partial charge in [-0.2, -0.15) is 4.98 Å². The van der Waals surface area contributed by atoms with Gasteiger partial charge in [0.15, 0.2) is 5.82 Å². The summed E-state index contributed by atoms with van der Waals surface area (Å²) in [6.07, 6.45) is 0. The Morgan fingerprint density at radius 3 is 2.94 bits per heavy atom. The first kappa shape index (κ1) is 11.6. The van der Waals surface area contributed by atoms with Gasteiger partial charge in [-0.15, -0.1) is 0 Å². The number of benzene rings is 1. The van der Waals surface area contributed by atoms with E-state index in [1.165, 1.54) is 0 Å². The average Bonchev–Trinajstić information content (AvgIpc) is 2.75. The summed E-state index contributed by atoms with van der Waals surface area (Å²) in [6.45, 7) is 4.71. The highest BCUT2D eigenvalue weighted by atomic mass is 16.5. The van der Waals surface area contributed by atoms with Gasteiger partial charge in [0.05, 0.1) is 5.56 Å². The van der Waals surface area contributed by atoms with Gasteiger partial charge in [-0.1, -0.05) is 11.2 Å². The number of hydrogen-bond acceptors (Lipinski definition) is 5. The SMILES string of the molecule is CCOCc1noc(-c2ccc(C)cc2O)n1. The van der Waals surface area contributed by atoms with Crippen LogP contribution in [0.4, 0.5) is 0 Å². The molecule has 0 atom stereocenters. The van der Waals surface area contributed by atoms with E-state index in [1.807, 2.05) is 19.9 Å². The van der Waals surface area contributed by atoms with E-state index in [0.29, 0.717) is 30.5 Å². The first-order valence-corrected chi connectivity index (χ1v) is 5.41. The second-order valence-electron chi connectivity index (χ2n) is 3.67. The molecule has 1 aromatic heterocycles. The van der Waals surface area contributed by atoms with Crippen molar-refractivity contribution >= 4 is 0 Å². The van der Waals surface area contributed by atoms with E-state index in [-0.39, 0.29) is 5.75 Å². The molecule has 1 N–H and O–H groups in total. The number of rotatable bonds is 4.